The zero-order valence-corrected chi connectivity index (χ0v) is 13.9. The van der Waals surface area contributed by atoms with Crippen molar-refractivity contribution in [3.63, 3.8) is 0 Å². The first kappa shape index (κ1) is 15.8. The average molecular weight is 346 g/mol. The highest BCUT2D eigenvalue weighted by Crippen LogP contribution is 2.28. The Morgan fingerprint density at radius 3 is 2.52 bits per heavy atom. The van der Waals surface area contributed by atoms with Gasteiger partial charge in [-0.05, 0) is 67.1 Å². The van der Waals surface area contributed by atoms with Gasteiger partial charge in [0.05, 0.1) is 17.8 Å². The average Bonchev–Trinajstić information content (AvgIpc) is 2.55. The van der Waals surface area contributed by atoms with Crippen LogP contribution in [-0.4, -0.2) is 16.8 Å². The van der Waals surface area contributed by atoms with Crippen LogP contribution in [0.2, 0.25) is 5.02 Å². The van der Waals surface area contributed by atoms with Gasteiger partial charge < -0.3 is 4.74 Å². The molecule has 0 saturated carbocycles. The van der Waals surface area contributed by atoms with Crippen LogP contribution in [0.3, 0.4) is 0 Å². The number of halogens is 2. The van der Waals surface area contributed by atoms with E-state index in [-0.39, 0.29) is 0 Å². The van der Waals surface area contributed by atoms with Crippen LogP contribution in [0.4, 0.5) is 0 Å². The monoisotopic (exact) mass is 345 g/mol. The van der Waals surface area contributed by atoms with E-state index in [1.807, 2.05) is 31.2 Å². The van der Waals surface area contributed by atoms with Gasteiger partial charge in [-0.2, -0.15) is 0 Å². The number of hydrogen-bond acceptors (Lipinski definition) is 3. The second-order valence-electron chi connectivity index (χ2n) is 4.95. The fourth-order valence-corrected chi connectivity index (χ4v) is 2.73. The number of ether oxygens (including phenoxy) is 1. The summed E-state index contributed by atoms with van der Waals surface area (Å²) < 4.78 is 5.43. The molecule has 5 heteroatoms. The third kappa shape index (κ3) is 3.31. The Bertz CT molecular complexity index is 876. The number of carbonyl (C=O) groups excluding carboxylic acids is 1. The molecule has 3 rings (SSSR count). The maximum atomic E-state index is 11.8. The zero-order valence-electron chi connectivity index (χ0n) is 12.3. The Morgan fingerprint density at radius 2 is 1.87 bits per heavy atom. The lowest BCUT2D eigenvalue weighted by molar-refractivity contribution is 0.108. The molecule has 0 saturated heterocycles. The van der Waals surface area contributed by atoms with E-state index in [0.29, 0.717) is 33.8 Å². The summed E-state index contributed by atoms with van der Waals surface area (Å²) in [6.45, 7) is 2.54. The van der Waals surface area contributed by atoms with E-state index >= 15 is 0 Å². The molecule has 0 aliphatic rings. The van der Waals surface area contributed by atoms with Crippen LogP contribution in [0.5, 0.6) is 5.75 Å². The van der Waals surface area contributed by atoms with Gasteiger partial charge in [-0.3, -0.25) is 4.79 Å². The van der Waals surface area contributed by atoms with Crippen molar-refractivity contribution in [2.75, 3.05) is 6.61 Å². The third-order valence-electron chi connectivity index (χ3n) is 3.44. The van der Waals surface area contributed by atoms with E-state index < -0.39 is 5.24 Å². The quantitative estimate of drug-likeness (QED) is 0.599. The minimum absolute atomic E-state index is 0.392. The highest BCUT2D eigenvalue weighted by molar-refractivity contribution is 6.68. The number of rotatable bonds is 4. The van der Waals surface area contributed by atoms with Crippen LogP contribution in [0.25, 0.3) is 22.2 Å². The standard InChI is InChI=1S/C18H13Cl2NO2/c1-2-23-13-6-3-11(4-7-13)17-10-15(18(20)22)14-9-12(19)5-8-16(14)21-17/h3-10H,2H2,1H3. The van der Waals surface area contributed by atoms with Crippen LogP contribution in [0.15, 0.2) is 48.5 Å². The third-order valence-corrected chi connectivity index (χ3v) is 3.88. The number of aromatic nitrogens is 1. The minimum Gasteiger partial charge on any atom is -0.494 e. The molecule has 0 N–H and O–H groups in total. The second-order valence-corrected chi connectivity index (χ2v) is 5.73. The number of pyridine rings is 1. The highest BCUT2D eigenvalue weighted by Gasteiger charge is 2.13. The number of nitrogens with zero attached hydrogens (tertiary/aromatic N) is 1. The van der Waals surface area contributed by atoms with Gasteiger partial charge in [0.1, 0.15) is 5.75 Å². The molecule has 2 aromatic carbocycles. The Labute approximate surface area is 143 Å². The van der Waals surface area contributed by atoms with E-state index in [1.54, 1.807) is 24.3 Å². The summed E-state index contributed by atoms with van der Waals surface area (Å²) in [5.41, 5.74) is 2.61. The van der Waals surface area contributed by atoms with Crippen molar-refractivity contribution >= 4 is 39.3 Å². The van der Waals surface area contributed by atoms with E-state index in [9.17, 15) is 4.79 Å². The van der Waals surface area contributed by atoms with E-state index in [2.05, 4.69) is 4.98 Å². The molecule has 116 valence electrons. The van der Waals surface area contributed by atoms with Crippen molar-refractivity contribution in [2.45, 2.75) is 6.92 Å². The highest BCUT2D eigenvalue weighted by atomic mass is 35.5. The molecule has 0 atom stereocenters. The first-order valence-electron chi connectivity index (χ1n) is 7.12. The van der Waals surface area contributed by atoms with Crippen LogP contribution in [0, 0.1) is 0 Å². The lowest BCUT2D eigenvalue weighted by Gasteiger charge is -2.09. The molecule has 1 aromatic heterocycles. The summed E-state index contributed by atoms with van der Waals surface area (Å²) in [5.74, 6) is 0.789. The van der Waals surface area contributed by atoms with Crippen LogP contribution >= 0.6 is 23.2 Å². The molecule has 0 amide bonds. The molecule has 0 radical (unpaired) electrons. The van der Waals surface area contributed by atoms with Crippen LogP contribution in [0.1, 0.15) is 17.3 Å². The number of fused-ring (bicyclic) bond motifs is 1. The minimum atomic E-state index is -0.535. The fourth-order valence-electron chi connectivity index (χ4n) is 2.40. The molecule has 1 heterocycles. The molecule has 0 bridgehead atoms. The number of hydrogen-bond donors (Lipinski definition) is 0. The fraction of sp³-hybridized carbons (Fsp3) is 0.111. The van der Waals surface area contributed by atoms with Crippen molar-refractivity contribution in [1.29, 1.82) is 0 Å². The van der Waals surface area contributed by atoms with E-state index in [1.165, 1.54) is 0 Å². The summed E-state index contributed by atoms with van der Waals surface area (Å²) in [4.78, 5) is 16.4. The Hall–Kier alpha value is -2.10. The Morgan fingerprint density at radius 1 is 1.13 bits per heavy atom. The molecule has 0 aliphatic carbocycles. The summed E-state index contributed by atoms with van der Waals surface area (Å²) in [5, 5.41) is 0.645. The molecule has 3 nitrogen and oxygen atoms in total. The van der Waals surface area contributed by atoms with Crippen molar-refractivity contribution in [3.8, 4) is 17.0 Å². The lowest BCUT2D eigenvalue weighted by Crippen LogP contribution is -1.96. The van der Waals surface area contributed by atoms with Gasteiger partial charge in [0.2, 0.25) is 0 Å². The molecular weight excluding hydrogens is 333 g/mol. The first-order chi connectivity index (χ1) is 11.1. The number of benzene rings is 2. The summed E-state index contributed by atoms with van der Waals surface area (Å²) in [6.07, 6.45) is 0. The molecule has 23 heavy (non-hydrogen) atoms. The van der Waals surface area contributed by atoms with Crippen molar-refractivity contribution < 1.29 is 9.53 Å². The zero-order chi connectivity index (χ0) is 16.4. The largest absolute Gasteiger partial charge is 0.494 e. The predicted molar refractivity (Wildman–Crippen MR) is 93.5 cm³/mol. The predicted octanol–water partition coefficient (Wildman–Crippen LogP) is 5.33. The topological polar surface area (TPSA) is 39.2 Å². The van der Waals surface area contributed by atoms with Gasteiger partial charge in [0.25, 0.3) is 5.24 Å². The SMILES string of the molecule is CCOc1ccc(-c2cc(C(=O)Cl)c3cc(Cl)ccc3n2)cc1. The Balaban J connectivity index is 2.14. The van der Waals surface area contributed by atoms with Gasteiger partial charge in [-0.25, -0.2) is 4.98 Å². The first-order valence-corrected chi connectivity index (χ1v) is 7.87. The number of carbonyl (C=O) groups is 1. The molecule has 0 spiro atoms. The molecule has 3 aromatic rings. The van der Waals surface area contributed by atoms with E-state index in [4.69, 9.17) is 27.9 Å². The molecule has 0 aliphatic heterocycles. The maximum Gasteiger partial charge on any atom is 0.253 e. The lowest BCUT2D eigenvalue weighted by atomic mass is 10.0. The van der Waals surface area contributed by atoms with Crippen molar-refractivity contribution in [1.82, 2.24) is 4.98 Å². The van der Waals surface area contributed by atoms with Crippen molar-refractivity contribution in [2.24, 2.45) is 0 Å². The normalized spacial score (nSPS) is 10.7. The van der Waals surface area contributed by atoms with Crippen LogP contribution in [-0.2, 0) is 0 Å². The van der Waals surface area contributed by atoms with Crippen molar-refractivity contribution in [3.05, 3.63) is 59.1 Å². The molecule has 0 unspecified atom stereocenters. The van der Waals surface area contributed by atoms with Crippen LogP contribution < -0.4 is 4.74 Å². The summed E-state index contributed by atoms with van der Waals surface area (Å²) in [6, 6.07) is 14.4. The van der Waals surface area contributed by atoms with Gasteiger partial charge >= 0.3 is 0 Å². The van der Waals surface area contributed by atoms with E-state index in [0.717, 1.165) is 11.3 Å². The van der Waals surface area contributed by atoms with Gasteiger partial charge in [-0.1, -0.05) is 11.6 Å². The smallest absolute Gasteiger partial charge is 0.253 e. The van der Waals surface area contributed by atoms with Gasteiger partial charge in [0, 0.05) is 21.5 Å². The Kier molecular flexibility index (Phi) is 4.51. The van der Waals surface area contributed by atoms with Gasteiger partial charge in [-0.15, -0.1) is 0 Å². The summed E-state index contributed by atoms with van der Waals surface area (Å²) in [7, 11) is 0. The molecule has 0 fully saturated rings. The maximum absolute atomic E-state index is 11.8. The van der Waals surface area contributed by atoms with Gasteiger partial charge in [0.15, 0.2) is 0 Å². The molecular formula is C18H13Cl2NO2. The second kappa shape index (κ2) is 6.57. The summed E-state index contributed by atoms with van der Waals surface area (Å²) >= 11 is 11.7.